The molecule has 0 spiro atoms. The van der Waals surface area contributed by atoms with Crippen LogP contribution in [0.15, 0.2) is 30.3 Å². The molecule has 0 saturated heterocycles. The fourth-order valence-electron chi connectivity index (χ4n) is 4.80. The molecule has 0 bridgehead atoms. The van der Waals surface area contributed by atoms with Crippen LogP contribution >= 0.6 is 0 Å². The highest BCUT2D eigenvalue weighted by Crippen LogP contribution is 2.46. The van der Waals surface area contributed by atoms with Crippen molar-refractivity contribution in [3.63, 3.8) is 0 Å². The minimum atomic E-state index is -5.04. The van der Waals surface area contributed by atoms with Gasteiger partial charge in [-0.15, -0.1) is 0 Å². The monoisotopic (exact) mass is 548 g/mol. The molecule has 0 aromatic heterocycles. The summed E-state index contributed by atoms with van der Waals surface area (Å²) in [5.41, 5.74) is -2.21. The molecule has 6 nitrogen and oxygen atoms in total. The number of alkyl halides is 6. The number of ether oxygens (including phenoxy) is 2. The van der Waals surface area contributed by atoms with Crippen molar-refractivity contribution in [3.8, 4) is 11.5 Å². The molecule has 0 aliphatic carbocycles. The molecule has 0 saturated carbocycles. The molecule has 2 atom stereocenters. The molecule has 1 aliphatic heterocycles. The van der Waals surface area contributed by atoms with E-state index in [2.05, 4.69) is 4.90 Å². The number of rotatable bonds is 8. The summed E-state index contributed by atoms with van der Waals surface area (Å²) in [5.74, 6) is 0.736. The first-order chi connectivity index (χ1) is 17.7. The van der Waals surface area contributed by atoms with Gasteiger partial charge in [-0.3, -0.25) is 4.90 Å². The smallest absolute Gasteiger partial charge is 0.416 e. The number of hydrogen-bond donors (Lipinski definition) is 1. The van der Waals surface area contributed by atoms with Gasteiger partial charge in [0.25, 0.3) is 0 Å². The average Bonchev–Trinajstić information content (AvgIpc) is 2.84. The first-order valence-electron chi connectivity index (χ1n) is 12.0. The van der Waals surface area contributed by atoms with Crippen LogP contribution in [0.2, 0.25) is 0 Å². The predicted molar refractivity (Wildman–Crippen MR) is 129 cm³/mol. The lowest BCUT2D eigenvalue weighted by molar-refractivity contribution is -0.143. The van der Waals surface area contributed by atoms with Crippen molar-refractivity contribution < 1.29 is 45.7 Å². The van der Waals surface area contributed by atoms with E-state index in [1.165, 1.54) is 14.2 Å². The lowest BCUT2D eigenvalue weighted by Crippen LogP contribution is -2.45. The zero-order chi connectivity index (χ0) is 28.4. The molecule has 210 valence electrons. The highest BCUT2D eigenvalue weighted by molar-refractivity contribution is 5.70. The first kappa shape index (κ1) is 29.2. The van der Waals surface area contributed by atoms with E-state index >= 15 is 0 Å². The number of nitrogens with zero attached hydrogens (tertiary/aromatic N) is 2. The molecule has 1 heterocycles. The van der Waals surface area contributed by atoms with Crippen molar-refractivity contribution in [2.45, 2.75) is 64.1 Å². The second-order valence-electron chi connectivity index (χ2n) is 9.24. The Morgan fingerprint density at radius 1 is 1.00 bits per heavy atom. The molecule has 38 heavy (non-hydrogen) atoms. The van der Waals surface area contributed by atoms with E-state index in [4.69, 9.17) is 9.47 Å². The van der Waals surface area contributed by atoms with Gasteiger partial charge in [0.1, 0.15) is 0 Å². The normalized spacial score (nSPS) is 17.7. The molecule has 12 heteroatoms. The topological polar surface area (TPSA) is 62.2 Å². The quantitative estimate of drug-likeness (QED) is 0.349. The highest BCUT2D eigenvalue weighted by Gasteiger charge is 2.39. The zero-order valence-electron chi connectivity index (χ0n) is 21.4. The van der Waals surface area contributed by atoms with Gasteiger partial charge in [-0.1, -0.05) is 13.3 Å². The predicted octanol–water partition coefficient (Wildman–Crippen LogP) is 7.36. The molecule has 1 amide bonds. The van der Waals surface area contributed by atoms with Gasteiger partial charge in [-0.25, -0.2) is 4.79 Å². The van der Waals surface area contributed by atoms with E-state index in [9.17, 15) is 36.2 Å². The van der Waals surface area contributed by atoms with Crippen molar-refractivity contribution in [1.82, 2.24) is 4.90 Å². The van der Waals surface area contributed by atoms with E-state index < -0.39 is 47.7 Å². The van der Waals surface area contributed by atoms with E-state index in [1.54, 1.807) is 12.1 Å². The summed E-state index contributed by atoms with van der Waals surface area (Å²) in [6, 6.07) is 3.44. The number of methoxy groups -OCH3 is 2. The van der Waals surface area contributed by atoms with Crippen molar-refractivity contribution in [3.05, 3.63) is 52.6 Å². The van der Waals surface area contributed by atoms with Gasteiger partial charge >= 0.3 is 18.4 Å². The van der Waals surface area contributed by atoms with E-state index in [0.29, 0.717) is 41.4 Å². The summed E-state index contributed by atoms with van der Waals surface area (Å²) in [5, 5.41) is 10.1. The average molecular weight is 549 g/mol. The number of carboxylic acid groups (broad SMARTS) is 1. The Kier molecular flexibility index (Phi) is 8.62. The van der Waals surface area contributed by atoms with Crippen molar-refractivity contribution in [1.29, 1.82) is 0 Å². The number of unbranched alkanes of at least 4 members (excludes halogenated alkanes) is 1. The van der Waals surface area contributed by atoms with Gasteiger partial charge in [-0.05, 0) is 49.6 Å². The number of amides is 1. The Morgan fingerprint density at radius 3 is 2.03 bits per heavy atom. The van der Waals surface area contributed by atoms with Gasteiger partial charge in [-0.2, -0.15) is 26.3 Å². The summed E-state index contributed by atoms with van der Waals surface area (Å²) in [4.78, 5) is 15.4. The summed E-state index contributed by atoms with van der Waals surface area (Å²) >= 11 is 0. The molecule has 1 aliphatic rings. The van der Waals surface area contributed by atoms with Crippen LogP contribution in [0.3, 0.4) is 0 Å². The van der Waals surface area contributed by atoms with Gasteiger partial charge in [0, 0.05) is 36.4 Å². The number of halogens is 6. The SMILES string of the molecule is CCCCN1c2cc(OC)c(OC)cc2[C@@H](N(Cc2cc(C(F)(F)F)cc(C(F)(F)F)c2)C(=O)O)C[C@H]1C. The molecular weight excluding hydrogens is 518 g/mol. The van der Waals surface area contributed by atoms with Crippen LogP contribution < -0.4 is 14.4 Å². The van der Waals surface area contributed by atoms with Crippen molar-refractivity contribution in [2.75, 3.05) is 25.7 Å². The maximum absolute atomic E-state index is 13.4. The minimum absolute atomic E-state index is 0.0232. The molecule has 0 fully saturated rings. The molecule has 0 unspecified atom stereocenters. The van der Waals surface area contributed by atoms with E-state index in [-0.39, 0.29) is 18.5 Å². The van der Waals surface area contributed by atoms with Gasteiger partial charge in [0.05, 0.1) is 31.4 Å². The second-order valence-corrected chi connectivity index (χ2v) is 9.24. The number of fused-ring (bicyclic) bond motifs is 1. The van der Waals surface area contributed by atoms with Crippen LogP contribution in [-0.2, 0) is 18.9 Å². The number of benzene rings is 2. The highest BCUT2D eigenvalue weighted by atomic mass is 19.4. The van der Waals surface area contributed by atoms with Crippen LogP contribution in [0.1, 0.15) is 61.4 Å². The molecule has 0 radical (unpaired) electrons. The lowest BCUT2D eigenvalue weighted by Gasteiger charge is -2.44. The fourth-order valence-corrected chi connectivity index (χ4v) is 4.80. The summed E-state index contributed by atoms with van der Waals surface area (Å²) in [7, 11) is 2.87. The van der Waals surface area contributed by atoms with Gasteiger partial charge < -0.3 is 19.5 Å². The number of anilines is 1. The second kappa shape index (κ2) is 11.2. The Bertz CT molecular complexity index is 1120. The summed E-state index contributed by atoms with van der Waals surface area (Å²) in [6.07, 6.45) is -9.53. The molecular formula is C26H30F6N2O4. The van der Waals surface area contributed by atoms with E-state index in [1.807, 2.05) is 13.8 Å². The fraction of sp³-hybridized carbons (Fsp3) is 0.500. The van der Waals surface area contributed by atoms with Crippen LogP contribution in [0.4, 0.5) is 36.8 Å². The first-order valence-corrected chi connectivity index (χ1v) is 12.0. The van der Waals surface area contributed by atoms with Crippen molar-refractivity contribution >= 4 is 11.8 Å². The van der Waals surface area contributed by atoms with Crippen LogP contribution in [0.5, 0.6) is 11.5 Å². The van der Waals surface area contributed by atoms with E-state index in [0.717, 1.165) is 17.7 Å². The zero-order valence-corrected chi connectivity index (χ0v) is 21.4. The minimum Gasteiger partial charge on any atom is -0.493 e. The van der Waals surface area contributed by atoms with Gasteiger partial charge in [0.15, 0.2) is 11.5 Å². The third kappa shape index (κ3) is 6.21. The molecule has 1 N–H and O–H groups in total. The standard InChI is InChI=1S/C26H30F6N2O4/c1-5-6-7-33-15(2)8-20(19-12-22(37-3)23(38-4)13-21(19)33)34(24(35)36)14-16-9-17(25(27,28)29)11-18(10-16)26(30,31)32/h9-13,15,20H,5-8,14H2,1-4H3,(H,35,36)/t15-,20+/m1/s1. The maximum atomic E-state index is 13.4. The Labute approximate surface area is 216 Å². The van der Waals surface area contributed by atoms with Crippen molar-refractivity contribution in [2.24, 2.45) is 0 Å². The molecule has 2 aromatic rings. The third-order valence-electron chi connectivity index (χ3n) is 6.67. The Hall–Kier alpha value is -3.31. The Morgan fingerprint density at radius 2 is 1.55 bits per heavy atom. The summed E-state index contributed by atoms with van der Waals surface area (Å²) in [6.45, 7) is 3.92. The Balaban J connectivity index is 2.14. The number of carbonyl (C=O) groups is 1. The van der Waals surface area contributed by atoms with Crippen LogP contribution in [0, 0.1) is 0 Å². The summed E-state index contributed by atoms with van der Waals surface area (Å²) < 4.78 is 91.3. The molecule has 2 aromatic carbocycles. The maximum Gasteiger partial charge on any atom is 0.416 e. The van der Waals surface area contributed by atoms with Crippen LogP contribution in [0.25, 0.3) is 0 Å². The third-order valence-corrected chi connectivity index (χ3v) is 6.67. The molecule has 3 rings (SSSR count). The largest absolute Gasteiger partial charge is 0.493 e. The lowest BCUT2D eigenvalue weighted by atomic mass is 9.89. The van der Waals surface area contributed by atoms with Crippen LogP contribution in [-0.4, -0.2) is 42.9 Å². The van der Waals surface area contributed by atoms with Gasteiger partial charge in [0.2, 0.25) is 0 Å². The number of hydrogen-bond acceptors (Lipinski definition) is 4.